The molecule has 3 heteroatoms. The Morgan fingerprint density at radius 1 is 1.23 bits per heavy atom. The van der Waals surface area contributed by atoms with E-state index < -0.39 is 5.97 Å². The minimum Gasteiger partial charge on any atom is -0.481 e. The number of hydrogen-bond donors (Lipinski definition) is 2. The highest BCUT2D eigenvalue weighted by Crippen LogP contribution is 2.03. The second kappa shape index (κ2) is 6.89. The average molecular weight is 187 g/mol. The first-order chi connectivity index (χ1) is 6.15. The molecule has 0 aromatic heterocycles. The maximum absolute atomic E-state index is 10.7. The van der Waals surface area contributed by atoms with Crippen molar-refractivity contribution >= 4 is 5.97 Å². The Morgan fingerprint density at radius 2 is 1.77 bits per heavy atom. The summed E-state index contributed by atoms with van der Waals surface area (Å²) in [6.07, 6.45) is 2.82. The average Bonchev–Trinajstić information content (AvgIpc) is 2.12. The molecule has 0 aliphatic carbocycles. The molecule has 0 rings (SSSR count). The van der Waals surface area contributed by atoms with Gasteiger partial charge in [-0.2, -0.15) is 0 Å². The molecule has 0 amide bonds. The second-order valence-electron chi connectivity index (χ2n) is 3.37. The van der Waals surface area contributed by atoms with Gasteiger partial charge in [0, 0.05) is 12.6 Å². The lowest BCUT2D eigenvalue weighted by Gasteiger charge is -2.17. The van der Waals surface area contributed by atoms with Gasteiger partial charge in [-0.15, -0.1) is 0 Å². The zero-order valence-corrected chi connectivity index (χ0v) is 8.84. The molecule has 3 nitrogen and oxygen atoms in total. The van der Waals surface area contributed by atoms with E-state index in [1.807, 2.05) is 6.92 Å². The lowest BCUT2D eigenvalue weighted by atomic mass is 10.1. The van der Waals surface area contributed by atoms with Gasteiger partial charge in [-0.1, -0.05) is 20.8 Å². The standard InChI is InChI=1S/C10H21NO2/c1-4-8(10(12)13)7-11-9(5-2)6-3/h8-9,11H,4-7H2,1-3H3,(H,12,13). The van der Waals surface area contributed by atoms with Crippen molar-refractivity contribution in [2.75, 3.05) is 6.54 Å². The third-order valence-corrected chi connectivity index (χ3v) is 2.48. The first-order valence-corrected chi connectivity index (χ1v) is 5.11. The summed E-state index contributed by atoms with van der Waals surface area (Å²) in [5, 5.41) is 12.1. The summed E-state index contributed by atoms with van der Waals surface area (Å²) in [7, 11) is 0. The van der Waals surface area contributed by atoms with Crippen molar-refractivity contribution in [1.82, 2.24) is 5.32 Å². The lowest BCUT2D eigenvalue weighted by molar-refractivity contribution is -0.141. The van der Waals surface area contributed by atoms with Crippen LogP contribution in [0.2, 0.25) is 0 Å². The Hall–Kier alpha value is -0.570. The minimum absolute atomic E-state index is 0.236. The molecular weight excluding hydrogens is 166 g/mol. The summed E-state index contributed by atoms with van der Waals surface area (Å²) in [4.78, 5) is 10.7. The van der Waals surface area contributed by atoms with E-state index >= 15 is 0 Å². The third kappa shape index (κ3) is 4.88. The molecule has 0 radical (unpaired) electrons. The Bertz CT molecular complexity index is 144. The number of nitrogens with one attached hydrogen (secondary N) is 1. The van der Waals surface area contributed by atoms with E-state index in [0.717, 1.165) is 12.8 Å². The third-order valence-electron chi connectivity index (χ3n) is 2.48. The molecule has 0 spiro atoms. The summed E-state index contributed by atoms with van der Waals surface area (Å²) in [6.45, 7) is 6.73. The Labute approximate surface area is 80.5 Å². The van der Waals surface area contributed by atoms with Gasteiger partial charge in [0.2, 0.25) is 0 Å². The van der Waals surface area contributed by atoms with E-state index in [-0.39, 0.29) is 5.92 Å². The predicted octanol–water partition coefficient (Wildman–Crippen LogP) is 1.88. The zero-order valence-electron chi connectivity index (χ0n) is 8.84. The molecule has 0 heterocycles. The molecule has 78 valence electrons. The largest absolute Gasteiger partial charge is 0.481 e. The molecule has 0 fully saturated rings. The van der Waals surface area contributed by atoms with E-state index in [1.54, 1.807) is 0 Å². The fraction of sp³-hybridized carbons (Fsp3) is 0.900. The molecule has 1 unspecified atom stereocenters. The van der Waals surface area contributed by atoms with Crippen molar-refractivity contribution in [3.8, 4) is 0 Å². The van der Waals surface area contributed by atoms with E-state index in [2.05, 4.69) is 19.2 Å². The monoisotopic (exact) mass is 187 g/mol. The Morgan fingerprint density at radius 3 is 2.08 bits per heavy atom. The van der Waals surface area contributed by atoms with Gasteiger partial charge in [0.15, 0.2) is 0 Å². The molecule has 0 aromatic rings. The van der Waals surface area contributed by atoms with Crippen LogP contribution in [0.1, 0.15) is 40.0 Å². The number of aliphatic carboxylic acids is 1. The predicted molar refractivity (Wildman–Crippen MR) is 53.8 cm³/mol. The number of hydrogen-bond acceptors (Lipinski definition) is 2. The van der Waals surface area contributed by atoms with Crippen molar-refractivity contribution in [2.24, 2.45) is 5.92 Å². The lowest BCUT2D eigenvalue weighted by Crippen LogP contribution is -2.35. The van der Waals surface area contributed by atoms with Gasteiger partial charge in [0.1, 0.15) is 0 Å². The molecule has 0 aromatic carbocycles. The van der Waals surface area contributed by atoms with Gasteiger partial charge in [0.05, 0.1) is 5.92 Å². The summed E-state index contributed by atoms with van der Waals surface area (Å²) >= 11 is 0. The molecular formula is C10H21NO2. The highest BCUT2D eigenvalue weighted by molar-refractivity contribution is 5.70. The van der Waals surface area contributed by atoms with E-state index in [4.69, 9.17) is 5.11 Å². The molecule has 0 bridgehead atoms. The number of rotatable bonds is 7. The normalized spacial score (nSPS) is 13.2. The molecule has 13 heavy (non-hydrogen) atoms. The fourth-order valence-corrected chi connectivity index (χ4v) is 1.29. The summed E-state index contributed by atoms with van der Waals surface area (Å²) in [5.41, 5.74) is 0. The first kappa shape index (κ1) is 12.4. The summed E-state index contributed by atoms with van der Waals surface area (Å²) in [5.74, 6) is -0.929. The zero-order chi connectivity index (χ0) is 10.3. The molecule has 0 saturated heterocycles. The van der Waals surface area contributed by atoms with Crippen LogP contribution in [0.25, 0.3) is 0 Å². The summed E-state index contributed by atoms with van der Waals surface area (Å²) in [6, 6.07) is 0.466. The molecule has 0 saturated carbocycles. The van der Waals surface area contributed by atoms with Gasteiger partial charge in [0.25, 0.3) is 0 Å². The van der Waals surface area contributed by atoms with Gasteiger partial charge >= 0.3 is 5.97 Å². The van der Waals surface area contributed by atoms with Crippen molar-refractivity contribution in [3.63, 3.8) is 0 Å². The van der Waals surface area contributed by atoms with Gasteiger partial charge in [-0.25, -0.2) is 0 Å². The molecule has 0 aliphatic rings. The van der Waals surface area contributed by atoms with Crippen molar-refractivity contribution in [2.45, 2.75) is 46.1 Å². The van der Waals surface area contributed by atoms with Crippen LogP contribution in [0.5, 0.6) is 0 Å². The van der Waals surface area contributed by atoms with Crippen LogP contribution in [-0.2, 0) is 4.79 Å². The molecule has 0 aliphatic heterocycles. The van der Waals surface area contributed by atoms with E-state index in [9.17, 15) is 4.79 Å². The highest BCUT2D eigenvalue weighted by atomic mass is 16.4. The van der Waals surface area contributed by atoms with Crippen LogP contribution in [-0.4, -0.2) is 23.7 Å². The number of carbonyl (C=O) groups is 1. The van der Waals surface area contributed by atoms with Crippen molar-refractivity contribution < 1.29 is 9.90 Å². The van der Waals surface area contributed by atoms with Crippen LogP contribution in [0, 0.1) is 5.92 Å². The van der Waals surface area contributed by atoms with Crippen LogP contribution < -0.4 is 5.32 Å². The van der Waals surface area contributed by atoms with Gasteiger partial charge in [-0.3, -0.25) is 4.79 Å². The topological polar surface area (TPSA) is 49.3 Å². The van der Waals surface area contributed by atoms with Crippen LogP contribution >= 0.6 is 0 Å². The first-order valence-electron chi connectivity index (χ1n) is 5.11. The minimum atomic E-state index is -0.694. The van der Waals surface area contributed by atoms with Crippen LogP contribution in [0.15, 0.2) is 0 Å². The van der Waals surface area contributed by atoms with Crippen LogP contribution in [0.3, 0.4) is 0 Å². The summed E-state index contributed by atoms with van der Waals surface area (Å²) < 4.78 is 0. The van der Waals surface area contributed by atoms with E-state index in [0.29, 0.717) is 19.0 Å². The smallest absolute Gasteiger partial charge is 0.307 e. The maximum atomic E-state index is 10.7. The van der Waals surface area contributed by atoms with Crippen molar-refractivity contribution in [1.29, 1.82) is 0 Å². The van der Waals surface area contributed by atoms with Gasteiger partial charge in [-0.05, 0) is 19.3 Å². The quantitative estimate of drug-likeness (QED) is 0.639. The Kier molecular flexibility index (Phi) is 6.59. The number of carboxylic acids is 1. The Balaban J connectivity index is 3.76. The van der Waals surface area contributed by atoms with Crippen molar-refractivity contribution in [3.05, 3.63) is 0 Å². The fourth-order valence-electron chi connectivity index (χ4n) is 1.29. The maximum Gasteiger partial charge on any atom is 0.307 e. The number of carboxylic acid groups (broad SMARTS) is 1. The molecule has 1 atom stereocenters. The molecule has 2 N–H and O–H groups in total. The van der Waals surface area contributed by atoms with Crippen LogP contribution in [0.4, 0.5) is 0 Å². The van der Waals surface area contributed by atoms with Gasteiger partial charge < -0.3 is 10.4 Å². The van der Waals surface area contributed by atoms with E-state index in [1.165, 1.54) is 0 Å². The second-order valence-corrected chi connectivity index (χ2v) is 3.37. The SMILES string of the molecule is CCC(CC)NCC(CC)C(=O)O. The highest BCUT2D eigenvalue weighted by Gasteiger charge is 2.15.